The van der Waals surface area contributed by atoms with Gasteiger partial charge in [-0.05, 0) is 55.4 Å². The van der Waals surface area contributed by atoms with E-state index in [1.54, 1.807) is 53.4 Å². The summed E-state index contributed by atoms with van der Waals surface area (Å²) in [5, 5.41) is 13.2. The number of ether oxygens (including phenoxy) is 2. The van der Waals surface area contributed by atoms with E-state index in [1.807, 2.05) is 11.8 Å². The molecule has 2 atom stereocenters. The number of carbonyl (C=O) groups excluding carboxylic acids is 3. The van der Waals surface area contributed by atoms with Crippen LogP contribution in [0, 0.1) is 0 Å². The van der Waals surface area contributed by atoms with Gasteiger partial charge in [0.05, 0.1) is 0 Å². The minimum Gasteiger partial charge on any atom is -0.480 e. The zero-order chi connectivity index (χ0) is 24.4. The van der Waals surface area contributed by atoms with Crippen molar-refractivity contribution in [2.45, 2.75) is 78.7 Å². The van der Waals surface area contributed by atoms with E-state index in [0.29, 0.717) is 0 Å². The molecule has 1 rings (SSSR count). The molecule has 1 heterocycles. The van der Waals surface area contributed by atoms with E-state index in [2.05, 4.69) is 10.6 Å². The van der Waals surface area contributed by atoms with Crippen molar-refractivity contribution in [3.05, 3.63) is 0 Å². The van der Waals surface area contributed by atoms with Gasteiger partial charge in [0, 0.05) is 24.6 Å². The molecule has 0 aromatic heterocycles. The average molecular weight is 464 g/mol. The number of rotatable bonds is 4. The van der Waals surface area contributed by atoms with Gasteiger partial charge in [0.2, 0.25) is 5.91 Å². The highest BCUT2D eigenvalue weighted by molar-refractivity contribution is 7.99. The van der Waals surface area contributed by atoms with Crippen molar-refractivity contribution < 1.29 is 33.8 Å². The first-order valence-corrected chi connectivity index (χ1v) is 11.3. The van der Waals surface area contributed by atoms with E-state index in [9.17, 15) is 19.2 Å². The lowest BCUT2D eigenvalue weighted by Gasteiger charge is -2.29. The summed E-state index contributed by atoms with van der Waals surface area (Å²) in [6, 6.07) is -1.47. The van der Waals surface area contributed by atoms with E-state index < -0.39 is 41.4 Å². The Morgan fingerprint density at radius 3 is 1.58 bits per heavy atom. The Hall–Kier alpha value is -2.17. The number of carboxylic acids is 1. The molecule has 3 N–H and O–H groups in total. The molecule has 0 aromatic rings. The Labute approximate surface area is 188 Å². The molecule has 1 aliphatic rings. The van der Waals surface area contributed by atoms with Gasteiger partial charge in [0.1, 0.15) is 23.3 Å². The maximum Gasteiger partial charge on any atom is 0.408 e. The number of thioether (sulfide) groups is 1. The van der Waals surface area contributed by atoms with Crippen molar-refractivity contribution in [3.63, 3.8) is 0 Å². The number of carbonyl (C=O) groups is 4. The number of alkyl carbamates (subject to hydrolysis) is 2. The molecule has 11 heteroatoms. The number of nitrogens with one attached hydrogen (secondary N) is 2. The number of aliphatic carboxylic acids is 1. The van der Waals surface area contributed by atoms with Crippen LogP contribution in [0.15, 0.2) is 0 Å². The highest BCUT2D eigenvalue weighted by atomic mass is 32.2. The monoisotopic (exact) mass is 463 g/mol. The first-order valence-electron chi connectivity index (χ1n) is 10.1. The van der Waals surface area contributed by atoms with Crippen LogP contribution in [0.4, 0.5) is 9.59 Å². The molecule has 0 radical (unpaired) electrons. The molecule has 0 bridgehead atoms. The molecule has 10 nitrogen and oxygen atoms in total. The van der Waals surface area contributed by atoms with Crippen LogP contribution in [0.3, 0.4) is 0 Å². The lowest BCUT2D eigenvalue weighted by atomic mass is 10.2. The molecule has 0 spiro atoms. The zero-order valence-electron chi connectivity index (χ0n) is 19.7. The lowest BCUT2D eigenvalue weighted by Crippen LogP contribution is -2.50. The normalized spacial score (nSPS) is 16.1. The average Bonchev–Trinajstić information content (AvgIpc) is 2.58. The third-order valence-corrected chi connectivity index (χ3v) is 4.47. The minimum absolute atomic E-state index is 0.0406. The van der Waals surface area contributed by atoms with Gasteiger partial charge in [-0.15, -0.1) is 0 Å². The molecule has 0 saturated carbocycles. The number of hydrogen-bond acceptors (Lipinski definition) is 7. The van der Waals surface area contributed by atoms with E-state index in [1.165, 1.54) is 6.92 Å². The highest BCUT2D eigenvalue weighted by Crippen LogP contribution is 2.11. The van der Waals surface area contributed by atoms with Crippen LogP contribution in [0.5, 0.6) is 0 Å². The molecule has 1 fully saturated rings. The number of carboxylic acid groups (broad SMARTS) is 1. The lowest BCUT2D eigenvalue weighted by molar-refractivity contribution is -0.139. The Bertz CT molecular complexity index is 623. The quantitative estimate of drug-likeness (QED) is 0.579. The van der Waals surface area contributed by atoms with Crippen molar-refractivity contribution >= 4 is 35.8 Å². The van der Waals surface area contributed by atoms with Crippen LogP contribution >= 0.6 is 11.8 Å². The van der Waals surface area contributed by atoms with Crippen molar-refractivity contribution in [2.24, 2.45) is 0 Å². The van der Waals surface area contributed by atoms with Crippen LogP contribution in [0.1, 0.15) is 55.4 Å². The summed E-state index contributed by atoms with van der Waals surface area (Å²) >= 11 is 1.84. The molecule has 180 valence electrons. The van der Waals surface area contributed by atoms with Crippen molar-refractivity contribution in [1.82, 2.24) is 15.5 Å². The minimum atomic E-state index is -1.09. The van der Waals surface area contributed by atoms with E-state index in [-0.39, 0.29) is 5.91 Å². The molecular formula is C20H37N3O7S. The van der Waals surface area contributed by atoms with E-state index in [0.717, 1.165) is 24.6 Å². The summed E-state index contributed by atoms with van der Waals surface area (Å²) in [5.41, 5.74) is -1.16. The van der Waals surface area contributed by atoms with Crippen LogP contribution in [0.2, 0.25) is 0 Å². The number of hydrogen-bond donors (Lipinski definition) is 3. The van der Waals surface area contributed by atoms with Crippen LogP contribution in [-0.2, 0) is 19.1 Å². The van der Waals surface area contributed by atoms with Crippen LogP contribution in [-0.4, -0.2) is 82.0 Å². The van der Waals surface area contributed by atoms with Gasteiger partial charge in [0.15, 0.2) is 0 Å². The topological polar surface area (TPSA) is 134 Å². The fraction of sp³-hybridized carbons (Fsp3) is 0.800. The Morgan fingerprint density at radius 1 is 0.839 bits per heavy atom. The second kappa shape index (κ2) is 12.6. The zero-order valence-corrected chi connectivity index (χ0v) is 20.6. The molecule has 3 amide bonds. The van der Waals surface area contributed by atoms with Gasteiger partial charge in [-0.2, -0.15) is 11.8 Å². The van der Waals surface area contributed by atoms with Crippen molar-refractivity contribution in [1.29, 1.82) is 0 Å². The summed E-state index contributed by atoms with van der Waals surface area (Å²) < 4.78 is 9.97. The molecular weight excluding hydrogens is 426 g/mol. The fourth-order valence-electron chi connectivity index (χ4n) is 2.15. The second-order valence-electron chi connectivity index (χ2n) is 9.01. The second-order valence-corrected chi connectivity index (χ2v) is 10.2. The number of amides is 3. The van der Waals surface area contributed by atoms with Gasteiger partial charge in [-0.1, -0.05) is 0 Å². The summed E-state index contributed by atoms with van der Waals surface area (Å²) in [4.78, 5) is 46.7. The van der Waals surface area contributed by atoms with Crippen LogP contribution in [0.25, 0.3) is 0 Å². The predicted molar refractivity (Wildman–Crippen MR) is 119 cm³/mol. The smallest absolute Gasteiger partial charge is 0.408 e. The predicted octanol–water partition coefficient (Wildman–Crippen LogP) is 2.46. The third kappa shape index (κ3) is 14.5. The maximum absolute atomic E-state index is 12.0. The molecule has 1 aliphatic heterocycles. The van der Waals surface area contributed by atoms with E-state index >= 15 is 0 Å². The summed E-state index contributed by atoms with van der Waals surface area (Å²) in [5.74, 6) is 0.794. The first-order chi connectivity index (χ1) is 14.0. The van der Waals surface area contributed by atoms with Crippen molar-refractivity contribution in [3.8, 4) is 0 Å². The molecule has 1 saturated heterocycles. The van der Waals surface area contributed by atoms with E-state index in [4.69, 9.17) is 14.6 Å². The first kappa shape index (κ1) is 28.8. The summed E-state index contributed by atoms with van der Waals surface area (Å²) in [6.45, 7) is 15.1. The van der Waals surface area contributed by atoms with Crippen LogP contribution < -0.4 is 10.6 Å². The summed E-state index contributed by atoms with van der Waals surface area (Å²) in [6.07, 6.45) is -1.27. The van der Waals surface area contributed by atoms with Gasteiger partial charge >= 0.3 is 18.2 Å². The molecule has 0 aliphatic carbocycles. The molecule has 31 heavy (non-hydrogen) atoms. The fourth-order valence-corrected chi connectivity index (χ4v) is 3.05. The maximum atomic E-state index is 12.0. The largest absolute Gasteiger partial charge is 0.480 e. The summed E-state index contributed by atoms with van der Waals surface area (Å²) in [7, 11) is 0. The standard InChI is InChI=1S/C12H22N2O3S.C8H15NO4/c1-9(13-11(16)17-12(2,3)4)10(15)14-5-7-18-8-6-14;1-5(6(10)11)9-7(12)13-8(2,3)4/h9H,5-8H2,1-4H3,(H,13,16);5H,1-4H3,(H,9,12)(H,10,11). The SMILES string of the molecule is CC(NC(=O)OC(C)(C)C)C(=O)N1CCSCC1.CC(NC(=O)OC(C)(C)C)C(=O)O. The third-order valence-electron chi connectivity index (χ3n) is 3.53. The van der Waals surface area contributed by atoms with Crippen molar-refractivity contribution in [2.75, 3.05) is 24.6 Å². The number of nitrogens with zero attached hydrogens (tertiary/aromatic N) is 1. The Morgan fingerprint density at radius 2 is 1.23 bits per heavy atom. The highest BCUT2D eigenvalue weighted by Gasteiger charge is 2.25. The Balaban J connectivity index is 0.000000615. The van der Waals surface area contributed by atoms with Gasteiger partial charge < -0.3 is 30.1 Å². The van der Waals surface area contributed by atoms with Gasteiger partial charge in [-0.3, -0.25) is 9.59 Å². The molecule has 0 aromatic carbocycles. The molecule has 2 unspecified atom stereocenters. The van der Waals surface area contributed by atoms with Gasteiger partial charge in [-0.25, -0.2) is 9.59 Å². The Kier molecular flexibility index (Phi) is 11.7. The van der Waals surface area contributed by atoms with Gasteiger partial charge in [0.25, 0.3) is 0 Å².